The number of methoxy groups -OCH3 is 1. The van der Waals surface area contributed by atoms with Crippen molar-refractivity contribution in [3.8, 4) is 5.75 Å². The number of carbonyl (C=O) groups excluding carboxylic acids is 2. The molecule has 0 bridgehead atoms. The first-order chi connectivity index (χ1) is 20.1. The maximum atomic E-state index is 13.3. The minimum atomic E-state index is -3.84. The average Bonchev–Trinajstić information content (AvgIpc) is 2.97. The zero-order chi connectivity index (χ0) is 30.5. The Balaban J connectivity index is 1.56. The Labute approximate surface area is 249 Å². The summed E-state index contributed by atoms with van der Waals surface area (Å²) >= 11 is 0. The molecule has 0 heterocycles. The molecule has 2 N–H and O–H groups in total. The third-order valence-electron chi connectivity index (χ3n) is 6.87. The summed E-state index contributed by atoms with van der Waals surface area (Å²) in [7, 11) is 1.58. The van der Waals surface area contributed by atoms with Crippen LogP contribution in [0.15, 0.2) is 78.9 Å². The largest absolute Gasteiger partial charge is 0.497 e. The van der Waals surface area contributed by atoms with Crippen molar-refractivity contribution in [3.63, 3.8) is 0 Å². The molecule has 0 aromatic heterocycles. The second-order valence-electron chi connectivity index (χ2n) is 10.6. The number of carbonyl (C=O) groups is 2. The molecule has 0 radical (unpaired) electrons. The van der Waals surface area contributed by atoms with Gasteiger partial charge < -0.3 is 19.9 Å². The van der Waals surface area contributed by atoms with Gasteiger partial charge in [-0.25, -0.2) is 8.42 Å². The summed E-state index contributed by atoms with van der Waals surface area (Å²) < 4.78 is 33.8. The lowest BCUT2D eigenvalue weighted by molar-refractivity contribution is -0.131. The van der Waals surface area contributed by atoms with Crippen LogP contribution in [0, 0.1) is 5.92 Å². The first-order valence-electron chi connectivity index (χ1n) is 14.1. The summed E-state index contributed by atoms with van der Waals surface area (Å²) in [6.45, 7) is 2.65. The minimum Gasteiger partial charge on any atom is -0.497 e. The van der Waals surface area contributed by atoms with Crippen LogP contribution in [0.3, 0.4) is 0 Å². The van der Waals surface area contributed by atoms with Gasteiger partial charge in [0, 0.05) is 50.5 Å². The molecule has 0 saturated heterocycles. The highest BCUT2D eigenvalue weighted by Gasteiger charge is 2.23. The topological polar surface area (TPSA) is 108 Å². The van der Waals surface area contributed by atoms with Crippen LogP contribution >= 0.6 is 0 Å². The molecule has 42 heavy (non-hydrogen) atoms. The number of hydrogen-bond donors (Lipinski definition) is 2. The Hall–Kier alpha value is -4.05. The maximum absolute atomic E-state index is 13.3. The number of nitrogens with zero attached hydrogens (tertiary/aromatic N) is 2. The number of aryl methyl sites for hydroxylation is 1. The Morgan fingerprint density at radius 1 is 0.929 bits per heavy atom. The van der Waals surface area contributed by atoms with E-state index in [1.807, 2.05) is 68.4 Å². The van der Waals surface area contributed by atoms with Crippen LogP contribution < -0.4 is 19.7 Å². The van der Waals surface area contributed by atoms with Crippen LogP contribution in [0.2, 0.25) is 0 Å². The molecule has 2 amide bonds. The molecule has 10 heteroatoms. The molecule has 3 aromatic carbocycles. The molecule has 0 fully saturated rings. The van der Waals surface area contributed by atoms with Crippen molar-refractivity contribution in [2.45, 2.75) is 32.6 Å². The smallest absolute Gasteiger partial charge is 0.251 e. The van der Waals surface area contributed by atoms with Crippen molar-refractivity contribution >= 4 is 33.2 Å². The summed E-state index contributed by atoms with van der Waals surface area (Å²) in [5, 5.41) is 2.91. The van der Waals surface area contributed by atoms with E-state index in [-0.39, 0.29) is 24.2 Å². The summed E-state index contributed by atoms with van der Waals surface area (Å²) in [6.07, 6.45) is 2.12. The lowest BCUT2D eigenvalue weighted by atomic mass is 10.0. The van der Waals surface area contributed by atoms with E-state index < -0.39 is 15.9 Å². The fraction of sp³-hybridized carbons (Fsp3) is 0.375. The van der Waals surface area contributed by atoms with E-state index in [9.17, 15) is 18.0 Å². The van der Waals surface area contributed by atoms with Gasteiger partial charge in [0.15, 0.2) is 0 Å². The third-order valence-corrected chi connectivity index (χ3v) is 8.07. The number of anilines is 2. The van der Waals surface area contributed by atoms with Crippen LogP contribution in [0.1, 0.15) is 42.1 Å². The molecule has 226 valence electrons. The Bertz CT molecular complexity index is 1380. The van der Waals surface area contributed by atoms with Crippen molar-refractivity contribution in [3.05, 3.63) is 90.0 Å². The van der Waals surface area contributed by atoms with Crippen LogP contribution in [-0.4, -0.2) is 65.3 Å². The van der Waals surface area contributed by atoms with Gasteiger partial charge >= 0.3 is 0 Å². The number of nitrogens with one attached hydrogen (secondary N) is 2. The van der Waals surface area contributed by atoms with E-state index in [0.29, 0.717) is 42.9 Å². The fourth-order valence-corrected chi connectivity index (χ4v) is 5.67. The number of hydrogen-bond acceptors (Lipinski definition) is 6. The van der Waals surface area contributed by atoms with E-state index in [1.165, 1.54) is 12.0 Å². The molecule has 9 nitrogen and oxygen atoms in total. The molecule has 0 aliphatic rings. The van der Waals surface area contributed by atoms with E-state index in [4.69, 9.17) is 4.74 Å². The lowest BCUT2D eigenvalue weighted by Crippen LogP contribution is -2.39. The minimum absolute atomic E-state index is 0.0530. The van der Waals surface area contributed by atoms with Crippen molar-refractivity contribution in [2.24, 2.45) is 5.92 Å². The number of ether oxygens (including phenoxy) is 1. The SMILES string of the molecule is COc1ccc(NS(=O)(=O)CN(CCCc2ccccc2)C(=O)CC(C)CCNC(=O)c2ccc(N(C)C)cc2)cc1. The molecule has 0 aliphatic heterocycles. The predicted molar refractivity (Wildman–Crippen MR) is 168 cm³/mol. The highest BCUT2D eigenvalue weighted by molar-refractivity contribution is 7.92. The average molecular weight is 595 g/mol. The molecular formula is C32H42N4O5S. The van der Waals surface area contributed by atoms with Gasteiger partial charge in [0.2, 0.25) is 5.91 Å². The Morgan fingerprint density at radius 3 is 2.21 bits per heavy atom. The highest BCUT2D eigenvalue weighted by Crippen LogP contribution is 2.18. The standard InChI is InChI=1S/C32H42N4O5S/c1-25(20-21-33-32(38)27-12-16-29(17-13-27)35(2)3)23-31(37)36(22-8-11-26-9-6-5-7-10-26)24-42(39,40)34-28-14-18-30(41-4)19-15-28/h5-7,9-10,12-19,25,34H,8,11,20-24H2,1-4H3,(H,33,38). The van der Waals surface area contributed by atoms with Gasteiger partial charge in [-0.15, -0.1) is 0 Å². The van der Waals surface area contributed by atoms with Crippen molar-refractivity contribution in [1.29, 1.82) is 0 Å². The van der Waals surface area contributed by atoms with Gasteiger partial charge in [-0.05, 0) is 79.3 Å². The second-order valence-corrected chi connectivity index (χ2v) is 12.3. The summed E-state index contributed by atoms with van der Waals surface area (Å²) in [4.78, 5) is 29.3. The summed E-state index contributed by atoms with van der Waals surface area (Å²) in [5.41, 5.74) is 3.11. The first-order valence-corrected chi connectivity index (χ1v) is 15.7. The number of rotatable bonds is 16. The van der Waals surface area contributed by atoms with Crippen LogP contribution in [0.25, 0.3) is 0 Å². The van der Waals surface area contributed by atoms with Crippen molar-refractivity contribution in [1.82, 2.24) is 10.2 Å². The number of sulfonamides is 1. The Morgan fingerprint density at radius 2 is 1.60 bits per heavy atom. The molecule has 0 aliphatic carbocycles. The van der Waals surface area contributed by atoms with E-state index in [1.54, 1.807) is 36.4 Å². The van der Waals surface area contributed by atoms with E-state index in [2.05, 4.69) is 10.0 Å². The number of amides is 2. The zero-order valence-electron chi connectivity index (χ0n) is 24.9. The normalized spacial score (nSPS) is 11.8. The number of benzene rings is 3. The second kappa shape index (κ2) is 15.8. The van der Waals surface area contributed by atoms with Gasteiger partial charge in [0.05, 0.1) is 7.11 Å². The molecule has 0 spiro atoms. The summed E-state index contributed by atoms with van der Waals surface area (Å²) in [6, 6.07) is 23.8. The maximum Gasteiger partial charge on any atom is 0.251 e. The van der Waals surface area contributed by atoms with Crippen LogP contribution in [-0.2, 0) is 21.2 Å². The predicted octanol–water partition coefficient (Wildman–Crippen LogP) is 4.77. The third kappa shape index (κ3) is 10.7. The first kappa shape index (κ1) is 32.5. The van der Waals surface area contributed by atoms with Gasteiger partial charge in [-0.2, -0.15) is 0 Å². The van der Waals surface area contributed by atoms with Gasteiger partial charge in [-0.1, -0.05) is 37.3 Å². The van der Waals surface area contributed by atoms with Crippen LogP contribution in [0.4, 0.5) is 11.4 Å². The van der Waals surface area contributed by atoms with Crippen molar-refractivity contribution in [2.75, 3.05) is 49.8 Å². The van der Waals surface area contributed by atoms with Gasteiger partial charge in [0.1, 0.15) is 11.6 Å². The quantitative estimate of drug-likeness (QED) is 0.248. The van der Waals surface area contributed by atoms with Gasteiger partial charge in [-0.3, -0.25) is 14.3 Å². The van der Waals surface area contributed by atoms with E-state index >= 15 is 0 Å². The van der Waals surface area contributed by atoms with Gasteiger partial charge in [0.25, 0.3) is 15.9 Å². The van der Waals surface area contributed by atoms with E-state index in [0.717, 1.165) is 17.7 Å². The molecular weight excluding hydrogens is 552 g/mol. The molecule has 1 unspecified atom stereocenters. The molecule has 3 aromatic rings. The molecule has 3 rings (SSSR count). The molecule has 1 atom stereocenters. The van der Waals surface area contributed by atoms with Crippen LogP contribution in [0.5, 0.6) is 5.75 Å². The zero-order valence-corrected chi connectivity index (χ0v) is 25.7. The monoisotopic (exact) mass is 594 g/mol. The van der Waals surface area contributed by atoms with Crippen molar-refractivity contribution < 1.29 is 22.7 Å². The fourth-order valence-electron chi connectivity index (χ4n) is 4.43. The summed E-state index contributed by atoms with van der Waals surface area (Å²) in [5.74, 6) is -0.289. The highest BCUT2D eigenvalue weighted by atomic mass is 32.2. The Kier molecular flexibility index (Phi) is 12.2. The lowest BCUT2D eigenvalue weighted by Gasteiger charge is -2.24. The molecule has 0 saturated carbocycles.